The van der Waals surface area contributed by atoms with Gasteiger partial charge in [0.15, 0.2) is 0 Å². The first-order chi connectivity index (χ1) is 10.7. The molecule has 0 aromatic heterocycles. The van der Waals surface area contributed by atoms with Gasteiger partial charge in [-0.15, -0.1) is 0 Å². The van der Waals surface area contributed by atoms with Crippen molar-refractivity contribution in [3.05, 3.63) is 30.1 Å². The van der Waals surface area contributed by atoms with E-state index in [-0.39, 0.29) is 11.7 Å². The van der Waals surface area contributed by atoms with Crippen LogP contribution in [0.3, 0.4) is 0 Å². The number of hydrogen-bond donors (Lipinski definition) is 1. The number of piperazine rings is 1. The molecular weight excluding hydrogens is 301 g/mol. The molecule has 3 rings (SSSR count). The van der Waals surface area contributed by atoms with Crippen LogP contribution in [0.25, 0.3) is 0 Å². The van der Waals surface area contributed by atoms with Crippen LogP contribution in [0, 0.1) is 5.82 Å². The molecular formula is C16H22FN3OS. The summed E-state index contributed by atoms with van der Waals surface area (Å²) < 4.78 is 13.0. The van der Waals surface area contributed by atoms with Crippen molar-refractivity contribution in [3.63, 3.8) is 0 Å². The number of carbonyl (C=O) groups excluding carboxylic acids is 1. The average Bonchev–Trinajstić information content (AvgIpc) is 2.57. The molecule has 120 valence electrons. The highest BCUT2D eigenvalue weighted by Crippen LogP contribution is 2.18. The first kappa shape index (κ1) is 15.6. The molecule has 0 bridgehead atoms. The molecule has 2 aliphatic heterocycles. The molecule has 2 saturated heterocycles. The van der Waals surface area contributed by atoms with Crippen LogP contribution in [0.2, 0.25) is 0 Å². The molecule has 1 aromatic rings. The predicted molar refractivity (Wildman–Crippen MR) is 88.9 cm³/mol. The largest absolute Gasteiger partial charge is 0.368 e. The lowest BCUT2D eigenvalue weighted by Gasteiger charge is -2.37. The molecule has 2 heterocycles. The Hall–Kier alpha value is -1.27. The molecule has 4 nitrogen and oxygen atoms in total. The predicted octanol–water partition coefficient (Wildman–Crippen LogP) is 1.57. The molecule has 1 unspecified atom stereocenters. The van der Waals surface area contributed by atoms with Gasteiger partial charge < -0.3 is 15.1 Å². The van der Waals surface area contributed by atoms with E-state index in [0.717, 1.165) is 49.9 Å². The van der Waals surface area contributed by atoms with E-state index in [0.29, 0.717) is 12.5 Å². The first-order valence-electron chi connectivity index (χ1n) is 7.82. The zero-order valence-corrected chi connectivity index (χ0v) is 13.4. The van der Waals surface area contributed by atoms with E-state index in [1.807, 2.05) is 16.7 Å². The molecule has 1 N–H and O–H groups in total. The summed E-state index contributed by atoms with van der Waals surface area (Å²) in [6.45, 7) is 4.11. The fraction of sp³-hybridized carbons (Fsp3) is 0.562. The van der Waals surface area contributed by atoms with Gasteiger partial charge in [-0.05, 0) is 24.3 Å². The summed E-state index contributed by atoms with van der Waals surface area (Å²) >= 11 is 1.92. The first-order valence-corrected chi connectivity index (χ1v) is 8.97. The van der Waals surface area contributed by atoms with E-state index in [1.165, 1.54) is 12.1 Å². The molecule has 2 aliphatic rings. The number of halogens is 1. The highest BCUT2D eigenvalue weighted by atomic mass is 32.2. The monoisotopic (exact) mass is 323 g/mol. The number of nitrogens with one attached hydrogen (secondary N) is 1. The van der Waals surface area contributed by atoms with Gasteiger partial charge in [0.1, 0.15) is 5.82 Å². The molecule has 0 aliphatic carbocycles. The van der Waals surface area contributed by atoms with Crippen molar-refractivity contribution < 1.29 is 9.18 Å². The molecule has 1 atom stereocenters. The summed E-state index contributed by atoms with van der Waals surface area (Å²) in [5.41, 5.74) is 1.03. The summed E-state index contributed by atoms with van der Waals surface area (Å²) in [4.78, 5) is 16.5. The topological polar surface area (TPSA) is 35.6 Å². The van der Waals surface area contributed by atoms with Crippen LogP contribution in [0.4, 0.5) is 10.1 Å². The number of hydrogen-bond acceptors (Lipinski definition) is 4. The smallest absolute Gasteiger partial charge is 0.224 e. The molecule has 22 heavy (non-hydrogen) atoms. The van der Waals surface area contributed by atoms with Crippen LogP contribution in [0.15, 0.2) is 24.3 Å². The molecule has 1 amide bonds. The highest BCUT2D eigenvalue weighted by molar-refractivity contribution is 7.99. The lowest BCUT2D eigenvalue weighted by atomic mass is 10.2. The SMILES string of the molecule is O=C(CC1CSCCN1)N1CCN(c2ccc(F)cc2)CC1. The Morgan fingerprint density at radius 1 is 1.23 bits per heavy atom. The number of amides is 1. The summed E-state index contributed by atoms with van der Waals surface area (Å²) in [5, 5.41) is 3.41. The zero-order chi connectivity index (χ0) is 15.4. The van der Waals surface area contributed by atoms with Crippen LogP contribution >= 0.6 is 11.8 Å². The van der Waals surface area contributed by atoms with Gasteiger partial charge in [-0.1, -0.05) is 0 Å². The van der Waals surface area contributed by atoms with Gasteiger partial charge in [-0.25, -0.2) is 4.39 Å². The van der Waals surface area contributed by atoms with Crippen LogP contribution in [-0.4, -0.2) is 61.1 Å². The molecule has 0 radical (unpaired) electrons. The maximum absolute atomic E-state index is 13.0. The Balaban J connectivity index is 1.48. The number of rotatable bonds is 3. The van der Waals surface area contributed by atoms with Crippen LogP contribution < -0.4 is 10.2 Å². The quantitative estimate of drug-likeness (QED) is 0.916. The third kappa shape index (κ3) is 3.93. The highest BCUT2D eigenvalue weighted by Gasteiger charge is 2.24. The minimum atomic E-state index is -0.213. The number of nitrogens with zero attached hydrogens (tertiary/aromatic N) is 2. The molecule has 0 spiro atoms. The van der Waals surface area contributed by atoms with Crippen LogP contribution in [0.1, 0.15) is 6.42 Å². The van der Waals surface area contributed by atoms with E-state index in [1.54, 1.807) is 12.1 Å². The number of benzene rings is 1. The average molecular weight is 323 g/mol. The number of anilines is 1. The molecule has 1 aromatic carbocycles. The van der Waals surface area contributed by atoms with Crippen molar-refractivity contribution in [1.29, 1.82) is 0 Å². The van der Waals surface area contributed by atoms with Crippen LogP contribution in [0.5, 0.6) is 0 Å². The van der Waals surface area contributed by atoms with Gasteiger partial charge in [0, 0.05) is 62.4 Å². The van der Waals surface area contributed by atoms with Crippen molar-refractivity contribution in [3.8, 4) is 0 Å². The Bertz CT molecular complexity index is 497. The van der Waals surface area contributed by atoms with E-state index in [2.05, 4.69) is 10.2 Å². The second kappa shape index (κ2) is 7.33. The summed E-state index contributed by atoms with van der Waals surface area (Å²) in [6.07, 6.45) is 0.601. The van der Waals surface area contributed by atoms with Gasteiger partial charge in [0.25, 0.3) is 0 Å². The van der Waals surface area contributed by atoms with Crippen molar-refractivity contribution in [2.75, 3.05) is 49.1 Å². The van der Waals surface area contributed by atoms with Gasteiger partial charge in [-0.2, -0.15) is 11.8 Å². The Morgan fingerprint density at radius 2 is 1.95 bits per heavy atom. The maximum Gasteiger partial charge on any atom is 0.224 e. The molecule has 0 saturated carbocycles. The Kier molecular flexibility index (Phi) is 5.20. The van der Waals surface area contributed by atoms with Crippen LogP contribution in [-0.2, 0) is 4.79 Å². The van der Waals surface area contributed by atoms with Crippen molar-refractivity contribution in [2.45, 2.75) is 12.5 Å². The molecule has 6 heteroatoms. The van der Waals surface area contributed by atoms with E-state index >= 15 is 0 Å². The van der Waals surface area contributed by atoms with Gasteiger partial charge >= 0.3 is 0 Å². The number of thioether (sulfide) groups is 1. The van der Waals surface area contributed by atoms with Gasteiger partial charge in [-0.3, -0.25) is 4.79 Å². The summed E-state index contributed by atoms with van der Waals surface area (Å²) in [7, 11) is 0. The summed E-state index contributed by atoms with van der Waals surface area (Å²) in [5.74, 6) is 2.21. The third-order valence-electron chi connectivity index (χ3n) is 4.24. The minimum Gasteiger partial charge on any atom is -0.368 e. The Morgan fingerprint density at radius 3 is 2.59 bits per heavy atom. The minimum absolute atomic E-state index is 0.213. The lowest BCUT2D eigenvalue weighted by Crippen LogP contribution is -2.50. The lowest BCUT2D eigenvalue weighted by molar-refractivity contribution is -0.131. The van der Waals surface area contributed by atoms with Crippen molar-refractivity contribution >= 4 is 23.4 Å². The molecule has 2 fully saturated rings. The van der Waals surface area contributed by atoms with E-state index < -0.39 is 0 Å². The number of carbonyl (C=O) groups is 1. The standard InChI is InChI=1S/C16H22FN3OS/c17-13-1-3-15(4-2-13)19-6-8-20(9-7-19)16(21)11-14-12-22-10-5-18-14/h1-4,14,18H,5-12H2. The normalized spacial score (nSPS) is 22.7. The van der Waals surface area contributed by atoms with Crippen molar-refractivity contribution in [2.24, 2.45) is 0 Å². The van der Waals surface area contributed by atoms with Gasteiger partial charge in [0.05, 0.1) is 0 Å². The van der Waals surface area contributed by atoms with E-state index in [9.17, 15) is 9.18 Å². The zero-order valence-electron chi connectivity index (χ0n) is 12.6. The maximum atomic E-state index is 13.0. The Labute approximate surface area is 135 Å². The fourth-order valence-corrected chi connectivity index (χ4v) is 3.91. The second-order valence-corrected chi connectivity index (χ2v) is 6.92. The van der Waals surface area contributed by atoms with Gasteiger partial charge in [0.2, 0.25) is 5.91 Å². The van der Waals surface area contributed by atoms with Crippen molar-refractivity contribution in [1.82, 2.24) is 10.2 Å². The van der Waals surface area contributed by atoms with E-state index in [4.69, 9.17) is 0 Å². The second-order valence-electron chi connectivity index (χ2n) is 5.77. The third-order valence-corrected chi connectivity index (χ3v) is 5.37. The fourth-order valence-electron chi connectivity index (χ4n) is 2.96. The summed E-state index contributed by atoms with van der Waals surface area (Å²) in [6, 6.07) is 6.89.